The maximum Gasteiger partial charge on any atom is 0.269 e. The lowest BCUT2D eigenvalue weighted by Gasteiger charge is -2.18. The van der Waals surface area contributed by atoms with E-state index in [4.69, 9.17) is 0 Å². The fourth-order valence-corrected chi connectivity index (χ4v) is 2.53. The summed E-state index contributed by atoms with van der Waals surface area (Å²) < 4.78 is 0.898. The zero-order valence-corrected chi connectivity index (χ0v) is 14.4. The van der Waals surface area contributed by atoms with Crippen LogP contribution in [0.4, 0.5) is 5.69 Å². The number of halogens is 1. The number of Topliss-reactive ketones (excluding diaryl/α,β-unsaturated/α-hetero) is 1. The Bertz CT molecular complexity index is 757. The fraction of sp³-hybridized carbons (Fsp3) is 0.176. The molecule has 7 heteroatoms. The van der Waals surface area contributed by atoms with Crippen molar-refractivity contribution in [3.63, 3.8) is 0 Å². The van der Waals surface area contributed by atoms with Crippen molar-refractivity contribution in [2.45, 2.75) is 19.4 Å². The molecule has 1 unspecified atom stereocenters. The van der Waals surface area contributed by atoms with Crippen LogP contribution in [0.25, 0.3) is 0 Å². The first kappa shape index (κ1) is 17.8. The molecule has 0 spiro atoms. The van der Waals surface area contributed by atoms with Crippen LogP contribution >= 0.6 is 15.9 Å². The topological polar surface area (TPSA) is 89.3 Å². The molecule has 0 saturated carbocycles. The van der Waals surface area contributed by atoms with Gasteiger partial charge in [-0.25, -0.2) is 0 Å². The Morgan fingerprint density at radius 3 is 2.21 bits per heavy atom. The molecular formula is C17H15BrN2O4. The molecule has 1 atom stereocenters. The van der Waals surface area contributed by atoms with Gasteiger partial charge in [-0.2, -0.15) is 0 Å². The van der Waals surface area contributed by atoms with Gasteiger partial charge in [0.15, 0.2) is 5.78 Å². The number of nitrogens with one attached hydrogen (secondary N) is 1. The first-order chi connectivity index (χ1) is 11.4. The summed E-state index contributed by atoms with van der Waals surface area (Å²) in [6.45, 7) is 1.39. The quantitative estimate of drug-likeness (QED) is 0.461. The van der Waals surface area contributed by atoms with Gasteiger partial charge in [-0.1, -0.05) is 28.1 Å². The van der Waals surface area contributed by atoms with E-state index in [-0.39, 0.29) is 23.8 Å². The van der Waals surface area contributed by atoms with E-state index in [1.165, 1.54) is 31.2 Å². The van der Waals surface area contributed by atoms with Gasteiger partial charge in [-0.15, -0.1) is 0 Å². The summed E-state index contributed by atoms with van der Waals surface area (Å²) in [5.41, 5.74) is 1.11. The van der Waals surface area contributed by atoms with Crippen LogP contribution < -0.4 is 5.32 Å². The molecule has 0 saturated heterocycles. The Morgan fingerprint density at radius 1 is 1.12 bits per heavy atom. The predicted octanol–water partition coefficient (Wildman–Crippen LogP) is 3.81. The van der Waals surface area contributed by atoms with Crippen molar-refractivity contribution in [1.82, 2.24) is 5.32 Å². The van der Waals surface area contributed by atoms with Crippen LogP contribution in [0.1, 0.15) is 35.3 Å². The van der Waals surface area contributed by atoms with E-state index in [1.807, 2.05) is 24.3 Å². The monoisotopic (exact) mass is 390 g/mol. The average molecular weight is 391 g/mol. The lowest BCUT2D eigenvalue weighted by molar-refractivity contribution is -0.384. The van der Waals surface area contributed by atoms with Crippen LogP contribution in [0.15, 0.2) is 53.0 Å². The van der Waals surface area contributed by atoms with Crippen LogP contribution in [0.2, 0.25) is 0 Å². The Labute approximate surface area is 147 Å². The Hall–Kier alpha value is -2.54. The van der Waals surface area contributed by atoms with E-state index < -0.39 is 11.0 Å². The third-order valence-corrected chi connectivity index (χ3v) is 3.97. The zero-order valence-electron chi connectivity index (χ0n) is 12.9. The maximum atomic E-state index is 12.4. The lowest BCUT2D eigenvalue weighted by atomic mass is 9.97. The minimum absolute atomic E-state index is 0.0685. The Kier molecular flexibility index (Phi) is 5.81. The fourth-order valence-electron chi connectivity index (χ4n) is 2.26. The third-order valence-electron chi connectivity index (χ3n) is 3.44. The van der Waals surface area contributed by atoms with Crippen molar-refractivity contribution in [1.29, 1.82) is 0 Å². The molecule has 2 aromatic rings. The van der Waals surface area contributed by atoms with Gasteiger partial charge in [0.05, 0.1) is 11.0 Å². The van der Waals surface area contributed by atoms with Crippen molar-refractivity contribution in [3.05, 3.63) is 74.2 Å². The highest BCUT2D eigenvalue weighted by Crippen LogP contribution is 2.22. The summed E-state index contributed by atoms with van der Waals surface area (Å²) in [5.74, 6) is -0.439. The smallest absolute Gasteiger partial charge is 0.269 e. The molecule has 0 aromatic heterocycles. The number of ketones is 1. The molecule has 0 fully saturated rings. The van der Waals surface area contributed by atoms with Crippen LogP contribution in [0.5, 0.6) is 0 Å². The molecule has 0 heterocycles. The van der Waals surface area contributed by atoms with Crippen molar-refractivity contribution >= 4 is 33.3 Å². The second-order valence-corrected chi connectivity index (χ2v) is 6.15. The molecule has 0 aliphatic carbocycles. The SMILES string of the molecule is CC(=O)NC(CC(=O)c1ccc([N+](=O)[O-])cc1)c1ccc(Br)cc1. The summed E-state index contributed by atoms with van der Waals surface area (Å²) in [7, 11) is 0. The van der Waals surface area contributed by atoms with Crippen LogP contribution in [0, 0.1) is 10.1 Å². The van der Waals surface area contributed by atoms with Gasteiger partial charge in [-0.3, -0.25) is 19.7 Å². The normalized spacial score (nSPS) is 11.6. The number of rotatable bonds is 6. The number of non-ortho nitro benzene ring substituents is 1. The van der Waals surface area contributed by atoms with Gasteiger partial charge >= 0.3 is 0 Å². The lowest BCUT2D eigenvalue weighted by Crippen LogP contribution is -2.28. The number of benzene rings is 2. The molecule has 0 bridgehead atoms. The Morgan fingerprint density at radius 2 is 1.71 bits per heavy atom. The average Bonchev–Trinajstić information content (AvgIpc) is 2.54. The first-order valence-corrected chi connectivity index (χ1v) is 7.96. The molecule has 2 aromatic carbocycles. The third kappa shape index (κ3) is 4.73. The van der Waals surface area contributed by atoms with Crippen LogP contribution in [-0.2, 0) is 4.79 Å². The number of carbonyl (C=O) groups excluding carboxylic acids is 2. The molecule has 0 aliphatic rings. The van der Waals surface area contributed by atoms with E-state index in [9.17, 15) is 19.7 Å². The van der Waals surface area contributed by atoms with E-state index in [2.05, 4.69) is 21.2 Å². The molecular weight excluding hydrogens is 376 g/mol. The molecule has 0 radical (unpaired) electrons. The van der Waals surface area contributed by atoms with E-state index in [0.29, 0.717) is 5.56 Å². The van der Waals surface area contributed by atoms with Gasteiger partial charge in [0.1, 0.15) is 0 Å². The summed E-state index contributed by atoms with van der Waals surface area (Å²) >= 11 is 3.34. The van der Waals surface area contributed by atoms with Crippen molar-refractivity contribution < 1.29 is 14.5 Å². The minimum Gasteiger partial charge on any atom is -0.349 e. The van der Waals surface area contributed by atoms with E-state index >= 15 is 0 Å². The molecule has 1 amide bonds. The largest absolute Gasteiger partial charge is 0.349 e. The number of carbonyl (C=O) groups is 2. The van der Waals surface area contributed by atoms with Gasteiger partial charge < -0.3 is 5.32 Å². The number of amides is 1. The summed E-state index contributed by atoms with van der Waals surface area (Å²) in [6, 6.07) is 12.3. The standard InChI is InChI=1S/C17H15BrN2O4/c1-11(21)19-16(12-2-6-14(18)7-3-12)10-17(22)13-4-8-15(9-5-13)20(23)24/h2-9,16H,10H2,1H3,(H,19,21). The molecule has 1 N–H and O–H groups in total. The molecule has 0 aliphatic heterocycles. The van der Waals surface area contributed by atoms with Crippen molar-refractivity contribution in [2.24, 2.45) is 0 Å². The highest BCUT2D eigenvalue weighted by molar-refractivity contribution is 9.10. The number of hydrogen-bond donors (Lipinski definition) is 1. The summed E-state index contributed by atoms with van der Waals surface area (Å²) in [4.78, 5) is 34.0. The molecule has 124 valence electrons. The molecule has 6 nitrogen and oxygen atoms in total. The minimum atomic E-state index is -0.518. The van der Waals surface area contributed by atoms with Gasteiger partial charge in [0, 0.05) is 35.5 Å². The number of hydrogen-bond acceptors (Lipinski definition) is 4. The zero-order chi connectivity index (χ0) is 17.7. The molecule has 2 rings (SSSR count). The van der Waals surface area contributed by atoms with Gasteiger partial charge in [0.2, 0.25) is 5.91 Å². The van der Waals surface area contributed by atoms with Crippen LogP contribution in [0.3, 0.4) is 0 Å². The van der Waals surface area contributed by atoms with Crippen molar-refractivity contribution in [3.8, 4) is 0 Å². The van der Waals surface area contributed by atoms with E-state index in [0.717, 1.165) is 10.0 Å². The maximum absolute atomic E-state index is 12.4. The summed E-state index contributed by atoms with van der Waals surface area (Å²) in [5, 5.41) is 13.4. The number of nitro benzene ring substituents is 1. The highest BCUT2D eigenvalue weighted by atomic mass is 79.9. The van der Waals surface area contributed by atoms with Crippen molar-refractivity contribution in [2.75, 3.05) is 0 Å². The van der Waals surface area contributed by atoms with E-state index in [1.54, 1.807) is 0 Å². The first-order valence-electron chi connectivity index (χ1n) is 7.17. The molecule has 24 heavy (non-hydrogen) atoms. The second-order valence-electron chi connectivity index (χ2n) is 5.24. The Balaban J connectivity index is 2.18. The second kappa shape index (κ2) is 7.83. The van der Waals surface area contributed by atoms with Crippen LogP contribution in [-0.4, -0.2) is 16.6 Å². The number of nitrogens with zero attached hydrogens (tertiary/aromatic N) is 1. The van der Waals surface area contributed by atoms with Gasteiger partial charge in [0.25, 0.3) is 5.69 Å². The summed E-state index contributed by atoms with van der Waals surface area (Å²) in [6.07, 6.45) is 0.0685. The predicted molar refractivity (Wildman–Crippen MR) is 92.7 cm³/mol. The highest BCUT2D eigenvalue weighted by Gasteiger charge is 2.19. The van der Waals surface area contributed by atoms with Gasteiger partial charge in [-0.05, 0) is 29.8 Å². The number of nitro groups is 1.